The molecule has 0 aliphatic carbocycles. The lowest BCUT2D eigenvalue weighted by Gasteiger charge is -2.34. The zero-order chi connectivity index (χ0) is 18.7. The third-order valence-corrected chi connectivity index (χ3v) is 5.75. The predicted octanol–water partition coefficient (Wildman–Crippen LogP) is 6.41. The van der Waals surface area contributed by atoms with Crippen molar-refractivity contribution >= 4 is 27.3 Å². The van der Waals surface area contributed by atoms with Gasteiger partial charge in [-0.2, -0.15) is 0 Å². The summed E-state index contributed by atoms with van der Waals surface area (Å²) in [6.07, 6.45) is 3.06. The third-order valence-electron chi connectivity index (χ3n) is 5.25. The highest BCUT2D eigenvalue weighted by atomic mass is 79.9. The van der Waals surface area contributed by atoms with E-state index in [-0.39, 0.29) is 0 Å². The van der Waals surface area contributed by atoms with Gasteiger partial charge >= 0.3 is 0 Å². The van der Waals surface area contributed by atoms with Crippen molar-refractivity contribution in [3.05, 3.63) is 101 Å². The summed E-state index contributed by atoms with van der Waals surface area (Å²) in [6.45, 7) is 6.48. The molecule has 1 heterocycles. The van der Waals surface area contributed by atoms with Gasteiger partial charge in [0.15, 0.2) is 11.4 Å². The van der Waals surface area contributed by atoms with Crippen LogP contribution in [0.2, 0.25) is 0 Å². The number of quaternary nitrogens is 1. The summed E-state index contributed by atoms with van der Waals surface area (Å²) in [5, 5.41) is 0. The number of rotatable bonds is 6. The third kappa shape index (κ3) is 3.45. The quantitative estimate of drug-likeness (QED) is 0.330. The summed E-state index contributed by atoms with van der Waals surface area (Å²) >= 11 is 3.64. The zero-order valence-corrected chi connectivity index (χ0v) is 16.9. The number of hydrogen-bond acceptors (Lipinski definition) is 1. The fourth-order valence-electron chi connectivity index (χ4n) is 4.04. The first-order valence-electron chi connectivity index (χ1n) is 9.26. The molecule has 0 radical (unpaired) electrons. The Balaban J connectivity index is 1.77. The van der Waals surface area contributed by atoms with Gasteiger partial charge in [-0.3, -0.25) is 4.48 Å². The molecular weight excluding hydrogens is 398 g/mol. The maximum absolute atomic E-state index is 6.33. The highest BCUT2D eigenvalue weighted by molar-refractivity contribution is 9.10. The average Bonchev–Trinajstić information content (AvgIpc) is 3.08. The Labute approximate surface area is 169 Å². The second-order valence-electron chi connectivity index (χ2n) is 6.93. The minimum Gasteiger partial charge on any atom is -0.483 e. The minimum absolute atomic E-state index is 0.573. The summed E-state index contributed by atoms with van der Waals surface area (Å²) in [4.78, 5) is 0. The first kappa shape index (κ1) is 18.0. The SMILES string of the molecule is C=CC[N@@+]1(c2cccc(Br)c2)CCc2cccc(OCc3ccccc3)c21. The van der Waals surface area contributed by atoms with Crippen LogP contribution in [0, 0.1) is 0 Å². The molecule has 27 heavy (non-hydrogen) atoms. The number of fused-ring (bicyclic) bond motifs is 1. The van der Waals surface area contributed by atoms with Crippen molar-refractivity contribution in [1.82, 2.24) is 4.48 Å². The molecule has 0 spiro atoms. The predicted molar refractivity (Wildman–Crippen MR) is 116 cm³/mol. The van der Waals surface area contributed by atoms with Gasteiger partial charge in [-0.05, 0) is 29.8 Å². The highest BCUT2D eigenvalue weighted by Crippen LogP contribution is 2.48. The summed E-state index contributed by atoms with van der Waals surface area (Å²) in [7, 11) is 0. The van der Waals surface area contributed by atoms with E-state index in [1.807, 2.05) is 24.3 Å². The van der Waals surface area contributed by atoms with E-state index >= 15 is 0 Å². The molecule has 3 heteroatoms. The summed E-state index contributed by atoms with van der Waals surface area (Å²) in [6, 6.07) is 25.4. The highest BCUT2D eigenvalue weighted by Gasteiger charge is 2.42. The Morgan fingerprint density at radius 2 is 1.81 bits per heavy atom. The molecule has 4 rings (SSSR count). The van der Waals surface area contributed by atoms with E-state index in [2.05, 4.69) is 77.1 Å². The van der Waals surface area contributed by atoms with Crippen molar-refractivity contribution in [3.8, 4) is 5.75 Å². The molecule has 3 aromatic rings. The van der Waals surface area contributed by atoms with Crippen LogP contribution in [0.1, 0.15) is 11.1 Å². The molecule has 0 unspecified atom stereocenters. The Bertz CT molecular complexity index is 954. The van der Waals surface area contributed by atoms with Gasteiger partial charge in [0.2, 0.25) is 0 Å². The van der Waals surface area contributed by atoms with Gasteiger partial charge in [0.25, 0.3) is 0 Å². The number of para-hydroxylation sites is 1. The molecular formula is C24H23BrNO+. The topological polar surface area (TPSA) is 9.23 Å². The van der Waals surface area contributed by atoms with Crippen molar-refractivity contribution in [3.63, 3.8) is 0 Å². The first-order valence-corrected chi connectivity index (χ1v) is 10.1. The number of ether oxygens (including phenoxy) is 1. The molecule has 0 N–H and O–H groups in total. The van der Waals surface area contributed by atoms with Gasteiger partial charge < -0.3 is 4.74 Å². The molecule has 0 saturated heterocycles. The maximum atomic E-state index is 6.33. The average molecular weight is 421 g/mol. The van der Waals surface area contributed by atoms with Crippen molar-refractivity contribution < 1.29 is 4.74 Å². The van der Waals surface area contributed by atoms with Crippen LogP contribution in [-0.4, -0.2) is 13.1 Å². The van der Waals surface area contributed by atoms with E-state index in [0.29, 0.717) is 6.61 Å². The van der Waals surface area contributed by atoms with E-state index in [1.165, 1.54) is 22.5 Å². The van der Waals surface area contributed by atoms with E-state index in [4.69, 9.17) is 4.74 Å². The van der Waals surface area contributed by atoms with E-state index < -0.39 is 0 Å². The molecule has 2 nitrogen and oxygen atoms in total. The molecule has 1 aliphatic rings. The van der Waals surface area contributed by atoms with Gasteiger partial charge in [-0.15, -0.1) is 0 Å². The maximum Gasteiger partial charge on any atom is 0.184 e. The minimum atomic E-state index is 0.573. The monoisotopic (exact) mass is 420 g/mol. The standard InChI is InChI=1S/C24H23BrNO/c1-2-15-26(22-12-7-11-21(25)17-22)16-14-20-10-6-13-23(24(20)26)27-18-19-8-4-3-5-9-19/h2-13,17H,1,14-16,18H2/q+1/t26-/m0/s1. The normalized spacial score (nSPS) is 18.1. The van der Waals surface area contributed by atoms with Crippen LogP contribution in [-0.2, 0) is 13.0 Å². The van der Waals surface area contributed by atoms with E-state index in [9.17, 15) is 0 Å². The smallest absolute Gasteiger partial charge is 0.184 e. The zero-order valence-electron chi connectivity index (χ0n) is 15.3. The van der Waals surface area contributed by atoms with Gasteiger partial charge in [-0.25, -0.2) is 0 Å². The van der Waals surface area contributed by atoms with Crippen LogP contribution in [0.25, 0.3) is 0 Å². The lowest BCUT2D eigenvalue weighted by atomic mass is 10.1. The van der Waals surface area contributed by atoms with Crippen LogP contribution in [0.15, 0.2) is 89.9 Å². The fourth-order valence-corrected chi connectivity index (χ4v) is 4.43. The number of benzene rings is 3. The summed E-state index contributed by atoms with van der Waals surface area (Å²) in [5.74, 6) is 0.968. The fraction of sp³-hybridized carbons (Fsp3) is 0.167. The number of nitrogens with zero attached hydrogens (tertiary/aromatic N) is 1. The van der Waals surface area contributed by atoms with Gasteiger partial charge in [-0.1, -0.05) is 71.0 Å². The summed E-state index contributed by atoms with van der Waals surface area (Å²) in [5.41, 5.74) is 5.07. The van der Waals surface area contributed by atoms with Gasteiger partial charge in [0.1, 0.15) is 18.8 Å². The molecule has 1 atom stereocenters. The van der Waals surface area contributed by atoms with E-state index in [1.54, 1.807) is 0 Å². The second-order valence-corrected chi connectivity index (χ2v) is 7.85. The Morgan fingerprint density at radius 1 is 1.00 bits per heavy atom. The van der Waals surface area contributed by atoms with Crippen LogP contribution in [0.4, 0.5) is 11.4 Å². The van der Waals surface area contributed by atoms with Gasteiger partial charge in [0, 0.05) is 22.5 Å². The molecule has 0 amide bonds. The van der Waals surface area contributed by atoms with Crippen LogP contribution >= 0.6 is 15.9 Å². The first-order chi connectivity index (χ1) is 13.2. The lowest BCUT2D eigenvalue weighted by Crippen LogP contribution is -2.42. The molecule has 0 fully saturated rings. The second kappa shape index (κ2) is 7.71. The molecule has 0 aromatic heterocycles. The van der Waals surface area contributed by atoms with Crippen LogP contribution in [0.3, 0.4) is 0 Å². The van der Waals surface area contributed by atoms with Crippen molar-refractivity contribution in [2.45, 2.75) is 13.0 Å². The van der Waals surface area contributed by atoms with Gasteiger partial charge in [0.05, 0.1) is 6.54 Å². The van der Waals surface area contributed by atoms with Crippen molar-refractivity contribution in [1.29, 1.82) is 0 Å². The van der Waals surface area contributed by atoms with E-state index in [0.717, 1.165) is 34.2 Å². The van der Waals surface area contributed by atoms with Crippen LogP contribution < -0.4 is 9.22 Å². The van der Waals surface area contributed by atoms with Crippen molar-refractivity contribution in [2.24, 2.45) is 0 Å². The Morgan fingerprint density at radius 3 is 2.59 bits per heavy atom. The Kier molecular flexibility index (Phi) is 5.15. The number of halogens is 1. The van der Waals surface area contributed by atoms with Crippen LogP contribution in [0.5, 0.6) is 5.75 Å². The molecule has 136 valence electrons. The number of hydrogen-bond donors (Lipinski definition) is 0. The molecule has 1 aliphatic heterocycles. The molecule has 0 saturated carbocycles. The summed E-state index contributed by atoms with van der Waals surface area (Å²) < 4.78 is 8.17. The molecule has 0 bridgehead atoms. The Hall–Kier alpha value is -2.36. The largest absolute Gasteiger partial charge is 0.483 e. The molecule has 3 aromatic carbocycles. The van der Waals surface area contributed by atoms with Crippen molar-refractivity contribution in [2.75, 3.05) is 13.1 Å². The lowest BCUT2D eigenvalue weighted by molar-refractivity contribution is 0.298.